The first-order chi connectivity index (χ1) is 11.0. The van der Waals surface area contributed by atoms with Crippen LogP contribution >= 0.6 is 0 Å². The Bertz CT molecular complexity index is 427. The second kappa shape index (κ2) is 8.86. The third-order valence-electron chi connectivity index (χ3n) is 4.88. The normalized spacial score (nSPS) is 19.7. The fourth-order valence-corrected chi connectivity index (χ4v) is 3.47. The number of piperazine rings is 1. The van der Waals surface area contributed by atoms with Crippen molar-refractivity contribution in [2.75, 3.05) is 32.7 Å². The molecule has 2 fully saturated rings. The Kier molecular flexibility index (Phi) is 6.83. The van der Waals surface area contributed by atoms with Crippen LogP contribution in [0, 0.1) is 5.92 Å². The summed E-state index contributed by atoms with van der Waals surface area (Å²) in [6.07, 6.45) is 7.17. The van der Waals surface area contributed by atoms with Crippen LogP contribution in [0.5, 0.6) is 0 Å². The minimum absolute atomic E-state index is 0.249. The van der Waals surface area contributed by atoms with Gasteiger partial charge in [-0.1, -0.05) is 25.7 Å². The second-order valence-corrected chi connectivity index (χ2v) is 6.57. The van der Waals surface area contributed by atoms with Crippen molar-refractivity contribution < 1.29 is 14.4 Å². The van der Waals surface area contributed by atoms with Gasteiger partial charge in [0.1, 0.15) is 0 Å². The molecular formula is C16H28N4O3. The highest BCUT2D eigenvalue weighted by Crippen LogP contribution is 2.28. The SMILES string of the molecule is NC(=O)NC(=O)CCN1CCN(C(=O)CCC2CCCC2)CC1. The van der Waals surface area contributed by atoms with Gasteiger partial charge in [-0.25, -0.2) is 4.79 Å². The Morgan fingerprint density at radius 1 is 1.00 bits per heavy atom. The van der Waals surface area contributed by atoms with E-state index >= 15 is 0 Å². The highest BCUT2D eigenvalue weighted by molar-refractivity contribution is 5.93. The lowest BCUT2D eigenvalue weighted by molar-refractivity contribution is -0.133. The molecule has 1 saturated carbocycles. The largest absolute Gasteiger partial charge is 0.351 e. The molecule has 2 rings (SSSR count). The molecule has 3 N–H and O–H groups in total. The third-order valence-corrected chi connectivity index (χ3v) is 4.88. The maximum atomic E-state index is 12.2. The molecule has 2 aliphatic rings. The van der Waals surface area contributed by atoms with Crippen LogP contribution in [0.1, 0.15) is 44.9 Å². The second-order valence-electron chi connectivity index (χ2n) is 6.57. The number of nitrogens with one attached hydrogen (secondary N) is 1. The van der Waals surface area contributed by atoms with Gasteiger partial charge in [0.05, 0.1) is 0 Å². The van der Waals surface area contributed by atoms with Crippen LogP contribution in [0.15, 0.2) is 0 Å². The lowest BCUT2D eigenvalue weighted by Gasteiger charge is -2.34. The predicted molar refractivity (Wildman–Crippen MR) is 86.6 cm³/mol. The summed E-state index contributed by atoms with van der Waals surface area (Å²) in [5.74, 6) is 0.666. The summed E-state index contributed by atoms with van der Waals surface area (Å²) in [6, 6.07) is -0.812. The minimum atomic E-state index is -0.812. The molecule has 1 heterocycles. The zero-order valence-electron chi connectivity index (χ0n) is 13.8. The van der Waals surface area contributed by atoms with Gasteiger partial charge < -0.3 is 10.6 Å². The molecule has 0 spiro atoms. The van der Waals surface area contributed by atoms with E-state index < -0.39 is 6.03 Å². The van der Waals surface area contributed by atoms with E-state index in [1.165, 1.54) is 25.7 Å². The lowest BCUT2D eigenvalue weighted by Crippen LogP contribution is -2.49. The number of amides is 4. The van der Waals surface area contributed by atoms with Crippen LogP contribution in [0.25, 0.3) is 0 Å². The van der Waals surface area contributed by atoms with Crippen LogP contribution in [-0.4, -0.2) is 60.4 Å². The van der Waals surface area contributed by atoms with E-state index in [9.17, 15) is 14.4 Å². The van der Waals surface area contributed by atoms with E-state index in [0.29, 0.717) is 13.0 Å². The van der Waals surface area contributed by atoms with Crippen molar-refractivity contribution >= 4 is 17.8 Å². The van der Waals surface area contributed by atoms with Gasteiger partial charge in [-0.2, -0.15) is 0 Å². The van der Waals surface area contributed by atoms with Crippen LogP contribution < -0.4 is 11.1 Å². The number of hydrogen-bond donors (Lipinski definition) is 2. The molecule has 0 atom stereocenters. The number of primary amides is 1. The van der Waals surface area contributed by atoms with Crippen molar-refractivity contribution in [3.8, 4) is 0 Å². The molecule has 1 aliphatic heterocycles. The van der Waals surface area contributed by atoms with Crippen molar-refractivity contribution in [1.29, 1.82) is 0 Å². The quantitative estimate of drug-likeness (QED) is 0.751. The highest BCUT2D eigenvalue weighted by Gasteiger charge is 2.23. The zero-order valence-corrected chi connectivity index (χ0v) is 13.8. The minimum Gasteiger partial charge on any atom is -0.351 e. The average molecular weight is 324 g/mol. The zero-order chi connectivity index (χ0) is 16.7. The molecule has 4 amide bonds. The molecule has 0 radical (unpaired) electrons. The van der Waals surface area contributed by atoms with Gasteiger partial charge >= 0.3 is 6.03 Å². The summed E-state index contributed by atoms with van der Waals surface area (Å²) in [5, 5.41) is 2.06. The van der Waals surface area contributed by atoms with Crippen molar-refractivity contribution in [3.05, 3.63) is 0 Å². The molecule has 0 aromatic rings. The average Bonchev–Trinajstić information content (AvgIpc) is 3.04. The number of rotatable bonds is 6. The first-order valence-electron chi connectivity index (χ1n) is 8.64. The van der Waals surface area contributed by atoms with Crippen molar-refractivity contribution in [3.63, 3.8) is 0 Å². The summed E-state index contributed by atoms with van der Waals surface area (Å²) < 4.78 is 0. The maximum absolute atomic E-state index is 12.2. The van der Waals surface area contributed by atoms with Gasteiger partial charge in [-0.05, 0) is 12.3 Å². The number of nitrogens with zero attached hydrogens (tertiary/aromatic N) is 2. The molecular weight excluding hydrogens is 296 g/mol. The van der Waals surface area contributed by atoms with Crippen molar-refractivity contribution in [1.82, 2.24) is 15.1 Å². The molecule has 0 aromatic carbocycles. The first kappa shape index (κ1) is 17.7. The fraction of sp³-hybridized carbons (Fsp3) is 0.812. The Morgan fingerprint density at radius 3 is 2.26 bits per heavy atom. The smallest absolute Gasteiger partial charge is 0.318 e. The molecule has 0 aromatic heterocycles. The van der Waals surface area contributed by atoms with Gasteiger partial charge in [-0.3, -0.25) is 19.8 Å². The van der Waals surface area contributed by atoms with E-state index in [2.05, 4.69) is 10.2 Å². The van der Waals surface area contributed by atoms with Crippen molar-refractivity contribution in [2.45, 2.75) is 44.9 Å². The van der Waals surface area contributed by atoms with Gasteiger partial charge in [0.25, 0.3) is 0 Å². The topological polar surface area (TPSA) is 95.7 Å². The Balaban J connectivity index is 1.60. The Hall–Kier alpha value is -1.63. The van der Waals surface area contributed by atoms with Gasteiger partial charge in [0.15, 0.2) is 0 Å². The third kappa shape index (κ3) is 6.17. The van der Waals surface area contributed by atoms with Gasteiger partial charge in [-0.15, -0.1) is 0 Å². The van der Waals surface area contributed by atoms with Crippen LogP contribution in [0.4, 0.5) is 4.79 Å². The standard InChI is InChI=1S/C16H28N4O3/c17-16(23)18-14(21)7-8-19-9-11-20(12-10-19)15(22)6-5-13-3-1-2-4-13/h13H,1-12H2,(H3,17,18,21,23). The number of nitrogens with two attached hydrogens (primary N) is 1. The highest BCUT2D eigenvalue weighted by atomic mass is 16.2. The number of carbonyl (C=O) groups excluding carboxylic acids is 3. The summed E-state index contributed by atoms with van der Waals surface area (Å²) in [7, 11) is 0. The molecule has 7 nitrogen and oxygen atoms in total. The lowest BCUT2D eigenvalue weighted by atomic mass is 10.0. The van der Waals surface area contributed by atoms with E-state index in [-0.39, 0.29) is 18.2 Å². The predicted octanol–water partition coefficient (Wildman–Crippen LogP) is 0.686. The Labute approximate surface area is 137 Å². The fourth-order valence-electron chi connectivity index (χ4n) is 3.47. The van der Waals surface area contributed by atoms with Crippen LogP contribution in [0.3, 0.4) is 0 Å². The first-order valence-corrected chi connectivity index (χ1v) is 8.64. The van der Waals surface area contributed by atoms with Crippen LogP contribution in [-0.2, 0) is 9.59 Å². The molecule has 0 bridgehead atoms. The summed E-state index contributed by atoms with van der Waals surface area (Å²) in [5.41, 5.74) is 4.90. The van der Waals surface area contributed by atoms with E-state index in [4.69, 9.17) is 5.73 Å². The monoisotopic (exact) mass is 324 g/mol. The van der Waals surface area contributed by atoms with E-state index in [1.807, 2.05) is 4.90 Å². The van der Waals surface area contributed by atoms with Gasteiger partial charge in [0, 0.05) is 45.6 Å². The number of carbonyl (C=O) groups is 3. The van der Waals surface area contributed by atoms with Crippen LogP contribution in [0.2, 0.25) is 0 Å². The molecule has 7 heteroatoms. The summed E-state index contributed by atoms with van der Waals surface area (Å²) >= 11 is 0. The maximum Gasteiger partial charge on any atom is 0.318 e. The molecule has 23 heavy (non-hydrogen) atoms. The number of imide groups is 1. The molecule has 130 valence electrons. The van der Waals surface area contributed by atoms with E-state index in [1.54, 1.807) is 0 Å². The molecule has 1 aliphatic carbocycles. The van der Waals surface area contributed by atoms with E-state index in [0.717, 1.165) is 38.5 Å². The molecule has 0 unspecified atom stereocenters. The number of urea groups is 1. The Morgan fingerprint density at radius 2 is 1.65 bits per heavy atom. The number of hydrogen-bond acceptors (Lipinski definition) is 4. The molecule has 1 saturated heterocycles. The summed E-state index contributed by atoms with van der Waals surface area (Å²) in [6.45, 7) is 3.59. The summed E-state index contributed by atoms with van der Waals surface area (Å²) in [4.78, 5) is 38.3. The van der Waals surface area contributed by atoms with Gasteiger partial charge in [0.2, 0.25) is 11.8 Å². The van der Waals surface area contributed by atoms with Crippen molar-refractivity contribution in [2.24, 2.45) is 11.7 Å².